The Hall–Kier alpha value is -1.84. The van der Waals surface area contributed by atoms with E-state index in [1.165, 1.54) is 6.42 Å². The minimum Gasteiger partial charge on any atom is -0.485 e. The van der Waals surface area contributed by atoms with E-state index in [9.17, 15) is 9.59 Å². The highest BCUT2D eigenvalue weighted by molar-refractivity contribution is 5.94. The highest BCUT2D eigenvalue weighted by atomic mass is 16.5. The normalized spacial score (nSPS) is 15.2. The summed E-state index contributed by atoms with van der Waals surface area (Å²) in [6.07, 6.45) is 5.00. The van der Waals surface area contributed by atoms with Crippen LogP contribution in [0.2, 0.25) is 0 Å². The number of carbonyl (C=O) groups is 1. The van der Waals surface area contributed by atoms with Crippen LogP contribution in [0.25, 0.3) is 0 Å². The van der Waals surface area contributed by atoms with Gasteiger partial charge in [-0.05, 0) is 37.5 Å². The lowest BCUT2D eigenvalue weighted by atomic mass is 10.1. The van der Waals surface area contributed by atoms with Crippen LogP contribution in [0.5, 0.6) is 5.75 Å². The predicted molar refractivity (Wildman–Crippen MR) is 67.4 cm³/mol. The molecular weight excluding hydrogens is 230 g/mol. The Balaban J connectivity index is 2.06. The zero-order valence-electron chi connectivity index (χ0n) is 10.2. The molecule has 1 fully saturated rings. The maximum atomic E-state index is 12.2. The quantitative estimate of drug-likeness (QED) is 0.813. The van der Waals surface area contributed by atoms with Gasteiger partial charge in [-0.15, -0.1) is 0 Å². The fourth-order valence-corrected chi connectivity index (χ4v) is 2.11. The maximum Gasteiger partial charge on any atom is 0.253 e. The van der Waals surface area contributed by atoms with Crippen LogP contribution in [0.4, 0.5) is 0 Å². The first-order valence-electron chi connectivity index (χ1n) is 6.18. The Morgan fingerprint density at radius 3 is 2.78 bits per heavy atom. The maximum absolute atomic E-state index is 12.2. The van der Waals surface area contributed by atoms with Crippen molar-refractivity contribution in [2.24, 2.45) is 0 Å². The summed E-state index contributed by atoms with van der Waals surface area (Å²) in [6.45, 7) is 1.54. The Labute approximate surface area is 107 Å². The number of benzene rings is 1. The van der Waals surface area contributed by atoms with E-state index in [1.807, 2.05) is 4.90 Å². The summed E-state index contributed by atoms with van der Waals surface area (Å²) in [5.41, 5.74) is 0.611. The topological polar surface area (TPSA) is 46.6 Å². The third-order valence-corrected chi connectivity index (χ3v) is 3.02. The highest BCUT2D eigenvalue weighted by Gasteiger charge is 2.18. The summed E-state index contributed by atoms with van der Waals surface area (Å²) < 4.78 is 5.14. The molecule has 1 radical (unpaired) electrons. The third kappa shape index (κ3) is 3.09. The molecule has 4 heteroatoms. The number of nitrogens with zero attached hydrogens (tertiary/aromatic N) is 1. The van der Waals surface area contributed by atoms with Gasteiger partial charge in [0.05, 0.1) is 0 Å². The lowest BCUT2D eigenvalue weighted by Gasteiger charge is -2.26. The first kappa shape index (κ1) is 12.6. The number of carbonyl (C=O) groups excluding carboxylic acids is 2. The molecule has 0 unspecified atom stereocenters. The molecule has 0 atom stereocenters. The van der Waals surface area contributed by atoms with Gasteiger partial charge in [-0.1, -0.05) is 6.07 Å². The van der Waals surface area contributed by atoms with Crippen molar-refractivity contribution in [1.29, 1.82) is 0 Å². The third-order valence-electron chi connectivity index (χ3n) is 3.02. The predicted octanol–water partition coefficient (Wildman–Crippen LogP) is 1.80. The fraction of sp³-hybridized carbons (Fsp3) is 0.429. The van der Waals surface area contributed by atoms with E-state index < -0.39 is 0 Å². The Morgan fingerprint density at radius 2 is 2.06 bits per heavy atom. The standard InChI is InChI=1S/C14H16NO3/c16-9-10-18-13-6-4-5-12(11-13)14(17)15-7-2-1-3-8-15/h4-6,11H,1-3,7-8,10H2. The van der Waals surface area contributed by atoms with Gasteiger partial charge in [-0.3, -0.25) is 9.59 Å². The van der Waals surface area contributed by atoms with Crippen molar-refractivity contribution in [2.75, 3.05) is 19.7 Å². The van der Waals surface area contributed by atoms with E-state index >= 15 is 0 Å². The summed E-state index contributed by atoms with van der Waals surface area (Å²) in [5, 5.41) is 0. The van der Waals surface area contributed by atoms with Crippen LogP contribution < -0.4 is 4.74 Å². The molecule has 4 nitrogen and oxygen atoms in total. The van der Waals surface area contributed by atoms with E-state index in [-0.39, 0.29) is 12.5 Å². The average Bonchev–Trinajstić information content (AvgIpc) is 2.45. The number of ether oxygens (including phenoxy) is 1. The molecule has 1 saturated heterocycles. The minimum atomic E-state index is -0.110. The summed E-state index contributed by atoms with van der Waals surface area (Å²) >= 11 is 0. The molecule has 1 aliphatic heterocycles. The van der Waals surface area contributed by atoms with Gasteiger partial charge >= 0.3 is 0 Å². The van der Waals surface area contributed by atoms with Crippen molar-refractivity contribution >= 4 is 12.2 Å². The second-order valence-electron chi connectivity index (χ2n) is 4.31. The number of likely N-dealkylation sites (tertiary alicyclic amines) is 1. The molecule has 2 rings (SSSR count). The molecule has 0 saturated carbocycles. The average molecular weight is 246 g/mol. The molecular formula is C14H16NO3. The van der Waals surface area contributed by atoms with Gasteiger partial charge in [-0.2, -0.15) is 0 Å². The molecule has 0 aliphatic carbocycles. The van der Waals surface area contributed by atoms with Gasteiger partial charge in [0, 0.05) is 18.7 Å². The summed E-state index contributed by atoms with van der Waals surface area (Å²) in [4.78, 5) is 24.2. The van der Waals surface area contributed by atoms with Crippen LogP contribution in [0.1, 0.15) is 29.6 Å². The number of rotatable bonds is 4. The fourth-order valence-electron chi connectivity index (χ4n) is 2.11. The SMILES string of the molecule is O=[C]COc1cccc(C(=O)N2CCCCC2)c1. The van der Waals surface area contributed by atoms with Crippen molar-refractivity contribution in [1.82, 2.24) is 4.90 Å². The van der Waals surface area contributed by atoms with Crippen LogP contribution >= 0.6 is 0 Å². The van der Waals surface area contributed by atoms with Crippen LogP contribution in [0, 0.1) is 0 Å². The summed E-state index contributed by atoms with van der Waals surface area (Å²) in [7, 11) is 0. The molecule has 0 N–H and O–H groups in total. The van der Waals surface area contributed by atoms with Crippen LogP contribution in [0.3, 0.4) is 0 Å². The number of piperidine rings is 1. The van der Waals surface area contributed by atoms with Crippen molar-refractivity contribution in [3.8, 4) is 5.75 Å². The summed E-state index contributed by atoms with van der Waals surface area (Å²) in [5.74, 6) is 0.566. The van der Waals surface area contributed by atoms with Crippen molar-refractivity contribution < 1.29 is 14.3 Å². The smallest absolute Gasteiger partial charge is 0.253 e. The second-order valence-corrected chi connectivity index (χ2v) is 4.31. The molecule has 1 heterocycles. The zero-order chi connectivity index (χ0) is 12.8. The molecule has 1 aromatic carbocycles. The van der Waals surface area contributed by atoms with Gasteiger partial charge in [0.1, 0.15) is 5.75 Å². The number of amides is 1. The Kier molecular flexibility index (Phi) is 4.34. The van der Waals surface area contributed by atoms with E-state index in [0.717, 1.165) is 25.9 Å². The van der Waals surface area contributed by atoms with Crippen LogP contribution in [-0.4, -0.2) is 36.8 Å². The largest absolute Gasteiger partial charge is 0.485 e. The summed E-state index contributed by atoms with van der Waals surface area (Å²) in [6, 6.07) is 6.93. The van der Waals surface area contributed by atoms with Gasteiger partial charge in [0.15, 0.2) is 6.61 Å². The first-order chi connectivity index (χ1) is 8.81. The Morgan fingerprint density at radius 1 is 1.28 bits per heavy atom. The zero-order valence-corrected chi connectivity index (χ0v) is 10.2. The van der Waals surface area contributed by atoms with E-state index in [2.05, 4.69) is 0 Å². The van der Waals surface area contributed by atoms with Gasteiger partial charge in [0.25, 0.3) is 5.91 Å². The van der Waals surface area contributed by atoms with Crippen molar-refractivity contribution in [3.05, 3.63) is 29.8 Å². The molecule has 1 amide bonds. The van der Waals surface area contributed by atoms with Gasteiger partial charge in [-0.25, -0.2) is 0 Å². The first-order valence-corrected chi connectivity index (χ1v) is 6.18. The van der Waals surface area contributed by atoms with Gasteiger partial charge < -0.3 is 9.64 Å². The van der Waals surface area contributed by atoms with Gasteiger partial charge in [0.2, 0.25) is 6.29 Å². The van der Waals surface area contributed by atoms with Crippen LogP contribution in [-0.2, 0) is 4.79 Å². The molecule has 95 valence electrons. The van der Waals surface area contributed by atoms with E-state index in [1.54, 1.807) is 30.6 Å². The van der Waals surface area contributed by atoms with E-state index in [4.69, 9.17) is 4.74 Å². The van der Waals surface area contributed by atoms with Crippen molar-refractivity contribution in [3.63, 3.8) is 0 Å². The molecule has 0 spiro atoms. The van der Waals surface area contributed by atoms with E-state index in [0.29, 0.717) is 11.3 Å². The molecule has 1 aliphatic rings. The second kappa shape index (κ2) is 6.19. The van der Waals surface area contributed by atoms with Crippen molar-refractivity contribution in [2.45, 2.75) is 19.3 Å². The molecule has 0 aromatic heterocycles. The number of hydrogen-bond acceptors (Lipinski definition) is 3. The van der Waals surface area contributed by atoms with Crippen LogP contribution in [0.15, 0.2) is 24.3 Å². The molecule has 1 aromatic rings. The minimum absolute atomic E-state index is 0.0373. The monoisotopic (exact) mass is 246 g/mol. The molecule has 18 heavy (non-hydrogen) atoms. The lowest BCUT2D eigenvalue weighted by Crippen LogP contribution is -2.35. The number of hydrogen-bond donors (Lipinski definition) is 0. The highest BCUT2D eigenvalue weighted by Crippen LogP contribution is 2.17. The molecule has 0 bridgehead atoms. The Bertz CT molecular complexity index is 425. The lowest BCUT2D eigenvalue weighted by molar-refractivity contribution is 0.0724.